The molecule has 0 atom stereocenters. The van der Waals surface area contributed by atoms with E-state index in [1.54, 1.807) is 24.3 Å². The lowest BCUT2D eigenvalue weighted by Crippen LogP contribution is -2.31. The fourth-order valence-corrected chi connectivity index (χ4v) is 4.54. The van der Waals surface area contributed by atoms with Crippen LogP contribution in [0.4, 0.5) is 0 Å². The lowest BCUT2D eigenvalue weighted by Gasteiger charge is -2.20. The molecule has 1 aliphatic rings. The molecular weight excluding hydrogens is 396 g/mol. The van der Waals surface area contributed by atoms with Crippen molar-refractivity contribution in [3.63, 3.8) is 0 Å². The van der Waals surface area contributed by atoms with Crippen LogP contribution in [0, 0.1) is 0 Å². The Morgan fingerprint density at radius 2 is 1.22 bits per heavy atom. The van der Waals surface area contributed by atoms with Crippen LogP contribution in [-0.4, -0.2) is 60.6 Å². The number of aryl methyl sites for hydroxylation is 2. The van der Waals surface area contributed by atoms with Crippen LogP contribution in [0.1, 0.15) is 31.8 Å². The van der Waals surface area contributed by atoms with Crippen molar-refractivity contribution in [2.45, 2.75) is 12.8 Å². The molecule has 4 nitrogen and oxygen atoms in total. The number of rotatable bonds is 14. The summed E-state index contributed by atoms with van der Waals surface area (Å²) in [5, 5.41) is 2.03. The first-order valence-electron chi connectivity index (χ1n) is 11.1. The van der Waals surface area contributed by atoms with Gasteiger partial charge in [0, 0.05) is 37.3 Å². The van der Waals surface area contributed by atoms with Crippen molar-refractivity contribution >= 4 is 22.3 Å². The van der Waals surface area contributed by atoms with Gasteiger partial charge in [0.25, 0.3) is 0 Å². The van der Waals surface area contributed by atoms with Gasteiger partial charge in [-0.05, 0) is 34.7 Å². The quantitative estimate of drug-likeness (QED) is 0.324. The van der Waals surface area contributed by atoms with E-state index >= 15 is 0 Å². The lowest BCUT2D eigenvalue weighted by molar-refractivity contribution is 0.0938. The van der Waals surface area contributed by atoms with Crippen molar-refractivity contribution < 1.29 is 9.59 Å². The number of Topliss-reactive ketones (excluding diaryl/α,β-unsaturated/α-hetero) is 2. The molecule has 0 N–H and O–H groups in total. The molecule has 0 aromatic heterocycles. The van der Waals surface area contributed by atoms with Gasteiger partial charge in [0.15, 0.2) is 11.6 Å². The topological polar surface area (TPSA) is 40.6 Å². The second-order valence-electron chi connectivity index (χ2n) is 8.18. The van der Waals surface area contributed by atoms with E-state index < -0.39 is 0 Å². The maximum absolute atomic E-state index is 13.2. The summed E-state index contributed by atoms with van der Waals surface area (Å²) < 4.78 is 0. The number of hydrogen-bond donors (Lipinski definition) is 0. The van der Waals surface area contributed by atoms with Crippen LogP contribution in [0.2, 0.25) is 0 Å². The molecule has 0 aliphatic heterocycles. The summed E-state index contributed by atoms with van der Waals surface area (Å²) in [6.45, 7) is 18.3. The van der Waals surface area contributed by atoms with Gasteiger partial charge >= 0.3 is 0 Å². The maximum Gasteiger partial charge on any atom is 0.177 e. The Kier molecular flexibility index (Phi) is 8.09. The molecule has 32 heavy (non-hydrogen) atoms. The smallest absolute Gasteiger partial charge is 0.177 e. The highest BCUT2D eigenvalue weighted by Gasteiger charge is 2.25. The van der Waals surface area contributed by atoms with E-state index in [0.29, 0.717) is 44.8 Å². The summed E-state index contributed by atoms with van der Waals surface area (Å²) in [6.07, 6.45) is 8.91. The zero-order chi connectivity index (χ0) is 23.1. The van der Waals surface area contributed by atoms with Gasteiger partial charge in [-0.25, -0.2) is 0 Å². The monoisotopic (exact) mass is 428 g/mol. The van der Waals surface area contributed by atoms with Crippen molar-refractivity contribution in [1.82, 2.24) is 9.80 Å². The summed E-state index contributed by atoms with van der Waals surface area (Å²) in [6, 6.07) is 7.84. The fraction of sp³-hybridized carbons (Fsp3) is 0.286. The molecule has 0 radical (unpaired) electrons. The van der Waals surface area contributed by atoms with Crippen molar-refractivity contribution in [3.05, 3.63) is 97.1 Å². The predicted octanol–water partition coefficient (Wildman–Crippen LogP) is 4.65. The van der Waals surface area contributed by atoms with Crippen LogP contribution in [0.3, 0.4) is 0 Å². The zero-order valence-corrected chi connectivity index (χ0v) is 18.8. The molecule has 4 heteroatoms. The Balaban J connectivity index is 1.94. The lowest BCUT2D eigenvalue weighted by atomic mass is 9.93. The van der Waals surface area contributed by atoms with Gasteiger partial charge in [-0.3, -0.25) is 19.4 Å². The van der Waals surface area contributed by atoms with Gasteiger partial charge in [-0.15, -0.1) is 26.3 Å². The van der Waals surface area contributed by atoms with Crippen LogP contribution < -0.4 is 0 Å². The van der Waals surface area contributed by atoms with Crippen molar-refractivity contribution in [2.75, 3.05) is 39.3 Å². The normalized spacial score (nSPS) is 12.3. The Bertz CT molecular complexity index is 1050. The third kappa shape index (κ3) is 5.04. The number of ketones is 2. The van der Waals surface area contributed by atoms with Crippen LogP contribution in [0.5, 0.6) is 0 Å². The molecule has 0 saturated carbocycles. The first-order valence-corrected chi connectivity index (χ1v) is 11.1. The number of hydrogen-bond acceptors (Lipinski definition) is 4. The van der Waals surface area contributed by atoms with Crippen LogP contribution >= 0.6 is 0 Å². The minimum Gasteiger partial charge on any atom is -0.293 e. The van der Waals surface area contributed by atoms with E-state index in [1.807, 2.05) is 34.1 Å². The molecule has 0 heterocycles. The molecule has 0 fully saturated rings. The Labute approximate surface area is 191 Å². The summed E-state index contributed by atoms with van der Waals surface area (Å²) in [5.41, 5.74) is 3.76. The largest absolute Gasteiger partial charge is 0.293 e. The highest BCUT2D eigenvalue weighted by molar-refractivity contribution is 6.13. The number of nitrogens with zero attached hydrogens (tertiary/aromatic N) is 2. The highest BCUT2D eigenvalue weighted by atomic mass is 16.1. The first kappa shape index (κ1) is 23.6. The van der Waals surface area contributed by atoms with Crippen LogP contribution in [0.25, 0.3) is 10.8 Å². The standard InChI is InChI=1S/C28H32N2O2/c1-5-15-29(16-6-2)19-26(31)22-11-9-21-10-12-24-23(13-14-25(22)28(21)24)27(32)20-30(17-7-3)18-8-4/h5-9,11,13-14H,1-4,10,12,15-20H2. The minimum atomic E-state index is 0.0697. The van der Waals surface area contributed by atoms with Gasteiger partial charge in [-0.1, -0.05) is 48.6 Å². The third-order valence-corrected chi connectivity index (χ3v) is 5.90. The molecule has 0 spiro atoms. The second kappa shape index (κ2) is 11.0. The summed E-state index contributed by atoms with van der Waals surface area (Å²) in [5.74, 6) is 0.165. The average Bonchev–Trinajstić information content (AvgIpc) is 3.20. The molecule has 2 aromatic carbocycles. The molecule has 1 aliphatic carbocycles. The molecule has 0 amide bonds. The van der Waals surface area contributed by atoms with E-state index in [1.165, 1.54) is 5.56 Å². The molecule has 0 saturated heterocycles. The van der Waals surface area contributed by atoms with E-state index in [9.17, 15) is 9.59 Å². The Morgan fingerprint density at radius 3 is 1.75 bits per heavy atom. The van der Waals surface area contributed by atoms with Gasteiger partial charge in [0.1, 0.15) is 0 Å². The van der Waals surface area contributed by atoms with E-state index in [0.717, 1.165) is 34.7 Å². The van der Waals surface area contributed by atoms with Crippen LogP contribution in [-0.2, 0) is 12.8 Å². The van der Waals surface area contributed by atoms with Crippen molar-refractivity contribution in [3.8, 4) is 0 Å². The molecule has 2 aromatic rings. The van der Waals surface area contributed by atoms with E-state index in [2.05, 4.69) is 26.3 Å². The fourth-order valence-electron chi connectivity index (χ4n) is 4.54. The third-order valence-electron chi connectivity index (χ3n) is 5.90. The Hall–Kier alpha value is -3.08. The van der Waals surface area contributed by atoms with Crippen LogP contribution in [0.15, 0.2) is 74.9 Å². The van der Waals surface area contributed by atoms with Gasteiger partial charge in [-0.2, -0.15) is 0 Å². The second-order valence-corrected chi connectivity index (χ2v) is 8.18. The first-order chi connectivity index (χ1) is 15.5. The van der Waals surface area contributed by atoms with Crippen molar-refractivity contribution in [2.24, 2.45) is 0 Å². The zero-order valence-electron chi connectivity index (χ0n) is 18.8. The van der Waals surface area contributed by atoms with Gasteiger partial charge in [0.2, 0.25) is 0 Å². The number of carbonyl (C=O) groups is 2. The predicted molar refractivity (Wildman–Crippen MR) is 134 cm³/mol. The van der Waals surface area contributed by atoms with E-state index in [4.69, 9.17) is 0 Å². The summed E-state index contributed by atoms with van der Waals surface area (Å²) >= 11 is 0. The van der Waals surface area contributed by atoms with Gasteiger partial charge < -0.3 is 0 Å². The highest BCUT2D eigenvalue weighted by Crippen LogP contribution is 2.35. The minimum absolute atomic E-state index is 0.0697. The number of benzene rings is 2. The molecule has 166 valence electrons. The summed E-state index contributed by atoms with van der Waals surface area (Å²) in [4.78, 5) is 30.3. The molecule has 0 bridgehead atoms. The molecule has 0 unspecified atom stereocenters. The van der Waals surface area contributed by atoms with E-state index in [-0.39, 0.29) is 11.6 Å². The molecule has 3 rings (SSSR count). The average molecular weight is 429 g/mol. The summed E-state index contributed by atoms with van der Waals surface area (Å²) in [7, 11) is 0. The van der Waals surface area contributed by atoms with Gasteiger partial charge in [0.05, 0.1) is 13.1 Å². The SMILES string of the molecule is C=CCN(CC=C)CC(=O)c1ccc2c(C(=O)CN(CC=C)CC=C)ccc3c2c1CC3. The maximum atomic E-state index is 13.2. The van der Waals surface area contributed by atoms with Crippen molar-refractivity contribution in [1.29, 1.82) is 0 Å². The Morgan fingerprint density at radius 1 is 0.719 bits per heavy atom. The number of carbonyl (C=O) groups excluding carboxylic acids is 2. The molecular formula is C28H32N2O2.